The number of fused-ring (bicyclic) bond motifs is 1. The molecule has 2 aromatic heterocycles. The van der Waals surface area contributed by atoms with E-state index in [1.54, 1.807) is 11.3 Å². The number of aromatic nitrogens is 3. The van der Waals surface area contributed by atoms with Crippen LogP contribution in [0.3, 0.4) is 0 Å². The highest BCUT2D eigenvalue weighted by Crippen LogP contribution is 2.33. The molecule has 134 valence electrons. The van der Waals surface area contributed by atoms with Gasteiger partial charge in [-0.25, -0.2) is 9.78 Å². The average Bonchev–Trinajstić information content (AvgIpc) is 3.02. The molecule has 0 aliphatic carbocycles. The van der Waals surface area contributed by atoms with Crippen molar-refractivity contribution in [2.75, 3.05) is 5.32 Å². The molecule has 2 heterocycles. The molecule has 7 nitrogen and oxygen atoms in total. The van der Waals surface area contributed by atoms with Gasteiger partial charge in [0, 0.05) is 25.2 Å². The zero-order valence-corrected chi connectivity index (χ0v) is 16.1. The maximum atomic E-state index is 12.2. The minimum Gasteiger partial charge on any atom is -0.340 e. The lowest BCUT2D eigenvalue weighted by Crippen LogP contribution is -2.39. The summed E-state index contributed by atoms with van der Waals surface area (Å²) in [5.41, 5.74) is 0.317. The van der Waals surface area contributed by atoms with E-state index in [-0.39, 0.29) is 16.8 Å². The molecule has 8 heteroatoms. The fourth-order valence-corrected chi connectivity index (χ4v) is 3.61. The first-order valence-corrected chi connectivity index (χ1v) is 8.83. The van der Waals surface area contributed by atoms with E-state index in [4.69, 9.17) is 0 Å². The van der Waals surface area contributed by atoms with Crippen LogP contribution in [-0.4, -0.2) is 14.1 Å². The molecule has 0 spiro atoms. The van der Waals surface area contributed by atoms with Crippen LogP contribution in [0, 0.1) is 11.3 Å². The molecular weight excluding hydrogens is 350 g/mol. The Bertz CT molecular complexity index is 1170. The Hall–Kier alpha value is -2.92. The molecule has 0 bridgehead atoms. The fraction of sp³-hybridized carbons (Fsp3) is 0.333. The van der Waals surface area contributed by atoms with Gasteiger partial charge in [0.25, 0.3) is 5.56 Å². The van der Waals surface area contributed by atoms with E-state index in [1.165, 1.54) is 18.7 Å². The third-order valence-corrected chi connectivity index (χ3v) is 5.51. The van der Waals surface area contributed by atoms with Crippen molar-refractivity contribution in [3.63, 3.8) is 0 Å². The number of hydrogen-bond donors (Lipinski definition) is 1. The quantitative estimate of drug-likeness (QED) is 0.749. The summed E-state index contributed by atoms with van der Waals surface area (Å²) in [4.78, 5) is 29.0. The number of thiazole rings is 1. The minimum absolute atomic E-state index is 0.0409. The maximum absolute atomic E-state index is 12.2. The van der Waals surface area contributed by atoms with E-state index in [9.17, 15) is 14.9 Å². The minimum atomic E-state index is -0.619. The normalized spacial score (nSPS) is 11.5. The zero-order valence-electron chi connectivity index (χ0n) is 15.2. The summed E-state index contributed by atoms with van der Waals surface area (Å²) in [6.07, 6.45) is 0. The van der Waals surface area contributed by atoms with E-state index in [0.717, 1.165) is 19.8 Å². The molecule has 1 N–H and O–H groups in total. The van der Waals surface area contributed by atoms with Crippen LogP contribution >= 0.6 is 11.3 Å². The summed E-state index contributed by atoms with van der Waals surface area (Å²) in [7, 11) is 2.88. The molecule has 0 fully saturated rings. The van der Waals surface area contributed by atoms with Crippen LogP contribution in [0.25, 0.3) is 10.2 Å². The number of nitrogens with zero attached hydrogens (tertiary/aromatic N) is 4. The molecule has 3 rings (SSSR count). The Balaban J connectivity index is 2.12. The molecule has 0 saturated heterocycles. The van der Waals surface area contributed by atoms with Gasteiger partial charge in [0.05, 0.1) is 15.2 Å². The fourth-order valence-electron chi connectivity index (χ4n) is 2.55. The third kappa shape index (κ3) is 2.91. The lowest BCUT2D eigenvalue weighted by Gasteiger charge is -2.13. The lowest BCUT2D eigenvalue weighted by molar-refractivity contribution is 0.587. The summed E-state index contributed by atoms with van der Waals surface area (Å²) in [5, 5.41) is 13.4. The predicted octanol–water partition coefficient (Wildman–Crippen LogP) is 2.61. The van der Waals surface area contributed by atoms with Crippen LogP contribution in [0.2, 0.25) is 0 Å². The topological polar surface area (TPSA) is 92.7 Å². The van der Waals surface area contributed by atoms with Gasteiger partial charge in [-0.15, -0.1) is 11.3 Å². The van der Waals surface area contributed by atoms with Gasteiger partial charge in [0.15, 0.2) is 5.56 Å². The number of hydrogen-bond acceptors (Lipinski definition) is 6. The van der Waals surface area contributed by atoms with Gasteiger partial charge < -0.3 is 5.32 Å². The van der Waals surface area contributed by atoms with Gasteiger partial charge in [-0.3, -0.25) is 13.9 Å². The number of nitrogens with one attached hydrogen (secondary N) is 1. The van der Waals surface area contributed by atoms with Crippen LogP contribution in [0.1, 0.15) is 31.3 Å². The molecule has 0 unspecified atom stereocenters. The standard InChI is InChI=1S/C18H19N5O2S/c1-18(2,3)16-21-12-7-6-10(8-13(12)26-16)20-14-11(9-19)15(24)23(5)17(25)22(14)4/h6-8,20H,1-5H3. The second-order valence-corrected chi connectivity index (χ2v) is 8.15. The first kappa shape index (κ1) is 17.9. The molecule has 0 atom stereocenters. The Morgan fingerprint density at radius 2 is 1.88 bits per heavy atom. The van der Waals surface area contributed by atoms with Crippen LogP contribution in [-0.2, 0) is 19.5 Å². The van der Waals surface area contributed by atoms with Crippen molar-refractivity contribution in [2.45, 2.75) is 26.2 Å². The lowest BCUT2D eigenvalue weighted by atomic mass is 9.98. The van der Waals surface area contributed by atoms with Crippen molar-refractivity contribution < 1.29 is 0 Å². The summed E-state index contributed by atoms with van der Waals surface area (Å²) in [6, 6.07) is 7.50. The molecule has 26 heavy (non-hydrogen) atoms. The molecule has 0 radical (unpaired) electrons. The van der Waals surface area contributed by atoms with Gasteiger partial charge in [-0.1, -0.05) is 20.8 Å². The molecule has 0 amide bonds. The van der Waals surface area contributed by atoms with Crippen LogP contribution in [0.4, 0.5) is 11.5 Å². The molecule has 1 aromatic carbocycles. The largest absolute Gasteiger partial charge is 0.340 e. The second-order valence-electron chi connectivity index (χ2n) is 7.12. The van der Waals surface area contributed by atoms with Gasteiger partial charge in [0.2, 0.25) is 0 Å². The molecule has 3 aromatic rings. The summed E-state index contributed by atoms with van der Waals surface area (Å²) < 4.78 is 3.18. The highest BCUT2D eigenvalue weighted by molar-refractivity contribution is 7.18. The van der Waals surface area contributed by atoms with E-state index in [2.05, 4.69) is 31.1 Å². The van der Waals surface area contributed by atoms with Gasteiger partial charge in [-0.05, 0) is 18.2 Å². The summed E-state index contributed by atoms with van der Waals surface area (Å²) in [5.74, 6) is 0.181. The van der Waals surface area contributed by atoms with Crippen molar-refractivity contribution in [1.29, 1.82) is 5.26 Å². The SMILES string of the molecule is Cn1c(Nc2ccc3nc(C(C)(C)C)sc3c2)c(C#N)c(=O)n(C)c1=O. The third-order valence-electron chi connectivity index (χ3n) is 4.07. The smallest absolute Gasteiger partial charge is 0.332 e. The van der Waals surface area contributed by atoms with Crippen molar-refractivity contribution in [3.8, 4) is 6.07 Å². The Kier molecular flexibility index (Phi) is 4.20. The number of anilines is 2. The van der Waals surface area contributed by atoms with E-state index in [0.29, 0.717) is 5.69 Å². The predicted molar refractivity (Wildman–Crippen MR) is 103 cm³/mol. The Labute approximate surface area is 154 Å². The van der Waals surface area contributed by atoms with Crippen molar-refractivity contribution in [1.82, 2.24) is 14.1 Å². The number of nitriles is 1. The molecular formula is C18H19N5O2S. The Morgan fingerprint density at radius 3 is 2.50 bits per heavy atom. The highest BCUT2D eigenvalue weighted by Gasteiger charge is 2.19. The highest BCUT2D eigenvalue weighted by atomic mass is 32.1. The van der Waals surface area contributed by atoms with Crippen LogP contribution in [0.15, 0.2) is 27.8 Å². The van der Waals surface area contributed by atoms with E-state index in [1.807, 2.05) is 24.3 Å². The monoisotopic (exact) mass is 369 g/mol. The van der Waals surface area contributed by atoms with Crippen LogP contribution in [0.5, 0.6) is 0 Å². The second kappa shape index (κ2) is 6.11. The molecule has 0 saturated carbocycles. The number of rotatable bonds is 2. The summed E-state index contributed by atoms with van der Waals surface area (Å²) in [6.45, 7) is 6.33. The first-order chi connectivity index (χ1) is 12.1. The van der Waals surface area contributed by atoms with E-state index < -0.39 is 11.2 Å². The van der Waals surface area contributed by atoms with Crippen LogP contribution < -0.4 is 16.6 Å². The zero-order chi connectivity index (χ0) is 19.2. The van der Waals surface area contributed by atoms with Gasteiger partial charge in [0.1, 0.15) is 11.9 Å². The average molecular weight is 369 g/mol. The molecule has 0 aliphatic heterocycles. The van der Waals surface area contributed by atoms with Crippen molar-refractivity contribution in [3.05, 3.63) is 49.6 Å². The Morgan fingerprint density at radius 1 is 1.19 bits per heavy atom. The van der Waals surface area contributed by atoms with Gasteiger partial charge >= 0.3 is 5.69 Å². The first-order valence-electron chi connectivity index (χ1n) is 8.01. The van der Waals surface area contributed by atoms with Gasteiger partial charge in [-0.2, -0.15) is 5.26 Å². The summed E-state index contributed by atoms with van der Waals surface area (Å²) >= 11 is 1.60. The van der Waals surface area contributed by atoms with E-state index >= 15 is 0 Å². The maximum Gasteiger partial charge on any atom is 0.332 e. The number of benzene rings is 1. The van der Waals surface area contributed by atoms with Crippen molar-refractivity contribution in [2.24, 2.45) is 14.1 Å². The van der Waals surface area contributed by atoms with Crippen molar-refractivity contribution >= 4 is 33.1 Å². The molecule has 0 aliphatic rings.